The zero-order valence-corrected chi connectivity index (χ0v) is 11.5. The van der Waals surface area contributed by atoms with E-state index in [4.69, 9.17) is 0 Å². The molecule has 1 aromatic heterocycles. The van der Waals surface area contributed by atoms with Gasteiger partial charge in [0.1, 0.15) is 12.5 Å². The topological polar surface area (TPSA) is 41.4 Å². The van der Waals surface area contributed by atoms with Gasteiger partial charge in [-0.1, -0.05) is 0 Å². The molecule has 0 saturated carbocycles. The fraction of sp³-hybridized carbons (Fsp3) is 0.692. The predicted octanol–water partition coefficient (Wildman–Crippen LogP) is 0.558. The second-order valence-electron chi connectivity index (χ2n) is 5.14. The predicted molar refractivity (Wildman–Crippen MR) is 70.6 cm³/mol. The fourth-order valence-corrected chi connectivity index (χ4v) is 2.23. The van der Waals surface area contributed by atoms with Crippen LogP contribution in [-0.2, 0) is 17.8 Å². The summed E-state index contributed by atoms with van der Waals surface area (Å²) < 4.78 is 14.1. The van der Waals surface area contributed by atoms with Crippen molar-refractivity contribution in [3.63, 3.8) is 0 Å². The molecule has 1 aliphatic rings. The van der Waals surface area contributed by atoms with Crippen LogP contribution in [0.25, 0.3) is 0 Å². The molecular weight excluding hydrogens is 247 g/mol. The molecule has 106 valence electrons. The minimum Gasteiger partial charge on any atom is -0.339 e. The number of halogens is 1. The molecule has 6 heteroatoms. The van der Waals surface area contributed by atoms with Crippen LogP contribution < -0.4 is 0 Å². The van der Waals surface area contributed by atoms with Crippen LogP contribution in [0.2, 0.25) is 0 Å². The van der Waals surface area contributed by atoms with E-state index in [-0.39, 0.29) is 5.91 Å². The third-order valence-corrected chi connectivity index (χ3v) is 3.63. The molecule has 19 heavy (non-hydrogen) atoms. The van der Waals surface area contributed by atoms with Crippen LogP contribution in [0, 0.1) is 0 Å². The number of amides is 1. The minimum atomic E-state index is -0.409. The number of aryl methyl sites for hydroxylation is 2. The Hall–Kier alpha value is -1.43. The molecule has 0 spiro atoms. The molecule has 1 saturated heterocycles. The standard InChI is InChI=1S/C13H21FN4O/c1-16(2)11-9-18(10-11)13(19)4-3-12-15-6-8-17(12)7-5-14/h6,8,11H,3-5,7,9-10H2,1-2H3. The molecule has 0 radical (unpaired) electrons. The Kier molecular flexibility index (Phi) is 4.52. The van der Waals surface area contributed by atoms with E-state index in [1.54, 1.807) is 17.0 Å². The van der Waals surface area contributed by atoms with Gasteiger partial charge in [-0.15, -0.1) is 0 Å². The van der Waals surface area contributed by atoms with Crippen molar-refractivity contribution in [2.75, 3.05) is 33.9 Å². The number of alkyl halides is 1. The Morgan fingerprint density at radius 3 is 2.89 bits per heavy atom. The van der Waals surface area contributed by atoms with Crippen LogP contribution in [0.1, 0.15) is 12.2 Å². The maximum absolute atomic E-state index is 12.3. The van der Waals surface area contributed by atoms with Crippen LogP contribution in [0.5, 0.6) is 0 Å². The lowest BCUT2D eigenvalue weighted by atomic mass is 10.1. The molecule has 1 aliphatic heterocycles. The first-order chi connectivity index (χ1) is 9.11. The number of nitrogens with zero attached hydrogens (tertiary/aromatic N) is 4. The highest BCUT2D eigenvalue weighted by atomic mass is 19.1. The van der Waals surface area contributed by atoms with Crippen LogP contribution >= 0.6 is 0 Å². The number of carbonyl (C=O) groups excluding carboxylic acids is 1. The van der Waals surface area contributed by atoms with E-state index in [1.807, 2.05) is 19.0 Å². The van der Waals surface area contributed by atoms with Crippen LogP contribution in [0.3, 0.4) is 0 Å². The van der Waals surface area contributed by atoms with E-state index >= 15 is 0 Å². The first-order valence-corrected chi connectivity index (χ1v) is 6.62. The molecule has 2 rings (SSSR count). The highest BCUT2D eigenvalue weighted by Crippen LogP contribution is 2.14. The Morgan fingerprint density at radius 2 is 2.26 bits per heavy atom. The molecule has 1 amide bonds. The summed E-state index contributed by atoms with van der Waals surface area (Å²) in [6, 6.07) is 0.484. The fourth-order valence-electron chi connectivity index (χ4n) is 2.23. The van der Waals surface area contributed by atoms with Crippen molar-refractivity contribution in [2.24, 2.45) is 0 Å². The maximum Gasteiger partial charge on any atom is 0.223 e. The summed E-state index contributed by atoms with van der Waals surface area (Å²) in [6.07, 6.45) is 4.44. The zero-order valence-electron chi connectivity index (χ0n) is 11.5. The lowest BCUT2D eigenvalue weighted by molar-refractivity contribution is -0.137. The third kappa shape index (κ3) is 3.32. The SMILES string of the molecule is CN(C)C1CN(C(=O)CCc2nccn2CCF)C1. The molecule has 0 N–H and O–H groups in total. The summed E-state index contributed by atoms with van der Waals surface area (Å²) in [7, 11) is 4.06. The number of aromatic nitrogens is 2. The molecule has 1 fully saturated rings. The Labute approximate surface area is 113 Å². The summed E-state index contributed by atoms with van der Waals surface area (Å²) in [5.41, 5.74) is 0. The first kappa shape index (κ1) is 14.0. The van der Waals surface area contributed by atoms with Crippen molar-refractivity contribution in [3.05, 3.63) is 18.2 Å². The number of imidazole rings is 1. The largest absolute Gasteiger partial charge is 0.339 e. The summed E-state index contributed by atoms with van der Waals surface area (Å²) >= 11 is 0. The van der Waals surface area contributed by atoms with Gasteiger partial charge in [0.15, 0.2) is 0 Å². The second-order valence-corrected chi connectivity index (χ2v) is 5.14. The number of carbonyl (C=O) groups is 1. The Balaban J connectivity index is 1.76. The summed E-state index contributed by atoms with van der Waals surface area (Å²) in [4.78, 5) is 20.1. The van der Waals surface area contributed by atoms with Gasteiger partial charge in [-0.25, -0.2) is 9.37 Å². The van der Waals surface area contributed by atoms with Gasteiger partial charge in [0.2, 0.25) is 5.91 Å². The molecule has 2 heterocycles. The normalized spacial score (nSPS) is 15.9. The summed E-state index contributed by atoms with van der Waals surface area (Å²) in [5, 5.41) is 0. The van der Waals surface area contributed by atoms with E-state index < -0.39 is 6.67 Å². The van der Waals surface area contributed by atoms with Crippen molar-refractivity contribution < 1.29 is 9.18 Å². The van der Waals surface area contributed by atoms with Gasteiger partial charge in [0.25, 0.3) is 0 Å². The molecule has 0 aliphatic carbocycles. The molecule has 0 unspecified atom stereocenters. The van der Waals surface area contributed by atoms with Gasteiger partial charge in [-0.3, -0.25) is 4.79 Å². The smallest absolute Gasteiger partial charge is 0.223 e. The van der Waals surface area contributed by atoms with Crippen molar-refractivity contribution in [3.8, 4) is 0 Å². The van der Waals surface area contributed by atoms with Crippen molar-refractivity contribution in [1.29, 1.82) is 0 Å². The van der Waals surface area contributed by atoms with Gasteiger partial charge in [-0.05, 0) is 14.1 Å². The lowest BCUT2D eigenvalue weighted by Crippen LogP contribution is -2.59. The van der Waals surface area contributed by atoms with Crippen LogP contribution in [0.4, 0.5) is 4.39 Å². The van der Waals surface area contributed by atoms with Crippen LogP contribution in [0.15, 0.2) is 12.4 Å². The average molecular weight is 268 g/mol. The molecule has 5 nitrogen and oxygen atoms in total. The van der Waals surface area contributed by atoms with E-state index in [9.17, 15) is 9.18 Å². The van der Waals surface area contributed by atoms with Gasteiger partial charge in [0.05, 0.1) is 6.54 Å². The highest BCUT2D eigenvalue weighted by molar-refractivity contribution is 5.77. The summed E-state index contributed by atoms with van der Waals surface area (Å²) in [6.45, 7) is 1.53. The Morgan fingerprint density at radius 1 is 1.53 bits per heavy atom. The van der Waals surface area contributed by atoms with Crippen molar-refractivity contribution >= 4 is 5.91 Å². The first-order valence-electron chi connectivity index (χ1n) is 6.62. The zero-order chi connectivity index (χ0) is 13.8. The number of hydrogen-bond donors (Lipinski definition) is 0. The van der Waals surface area contributed by atoms with E-state index in [0.717, 1.165) is 18.9 Å². The average Bonchev–Trinajstić information content (AvgIpc) is 2.72. The maximum atomic E-state index is 12.3. The van der Waals surface area contributed by atoms with Gasteiger partial charge >= 0.3 is 0 Å². The quantitative estimate of drug-likeness (QED) is 0.757. The van der Waals surface area contributed by atoms with E-state index in [0.29, 0.717) is 25.4 Å². The monoisotopic (exact) mass is 268 g/mol. The van der Waals surface area contributed by atoms with Gasteiger partial charge in [0, 0.05) is 44.4 Å². The molecular formula is C13H21FN4O. The lowest BCUT2D eigenvalue weighted by Gasteiger charge is -2.42. The number of rotatable bonds is 6. The van der Waals surface area contributed by atoms with Gasteiger partial charge in [-0.2, -0.15) is 0 Å². The van der Waals surface area contributed by atoms with E-state index in [1.165, 1.54) is 0 Å². The molecule has 1 aromatic rings. The van der Waals surface area contributed by atoms with E-state index in [2.05, 4.69) is 9.88 Å². The molecule has 0 aromatic carbocycles. The molecule has 0 atom stereocenters. The number of likely N-dealkylation sites (N-methyl/N-ethyl adjacent to an activating group) is 1. The Bertz CT molecular complexity index is 426. The highest BCUT2D eigenvalue weighted by Gasteiger charge is 2.31. The second kappa shape index (κ2) is 6.14. The van der Waals surface area contributed by atoms with Gasteiger partial charge < -0.3 is 14.4 Å². The van der Waals surface area contributed by atoms with Crippen LogP contribution in [-0.4, -0.2) is 65.2 Å². The number of likely N-dealkylation sites (tertiary alicyclic amines) is 1. The van der Waals surface area contributed by atoms with Crippen molar-refractivity contribution in [2.45, 2.75) is 25.4 Å². The van der Waals surface area contributed by atoms with Crippen molar-refractivity contribution in [1.82, 2.24) is 19.4 Å². The number of hydrogen-bond acceptors (Lipinski definition) is 3. The third-order valence-electron chi connectivity index (χ3n) is 3.63. The molecule has 0 bridgehead atoms. The minimum absolute atomic E-state index is 0.160. The summed E-state index contributed by atoms with van der Waals surface area (Å²) in [5.74, 6) is 0.948.